The van der Waals surface area contributed by atoms with Crippen LogP contribution in [0.2, 0.25) is 0 Å². The molecule has 21 heavy (non-hydrogen) atoms. The van der Waals surface area contributed by atoms with Crippen molar-refractivity contribution in [2.75, 3.05) is 20.3 Å². The van der Waals surface area contributed by atoms with Gasteiger partial charge in [-0.15, -0.1) is 11.3 Å². The average molecular weight is 310 g/mol. The minimum Gasteiger partial charge on any atom is -0.460 e. The summed E-state index contributed by atoms with van der Waals surface area (Å²) in [5.74, 6) is -0.00732. The number of esters is 1. The van der Waals surface area contributed by atoms with Crippen molar-refractivity contribution in [1.82, 2.24) is 9.97 Å². The van der Waals surface area contributed by atoms with Crippen LogP contribution in [0.5, 0.6) is 0 Å². The van der Waals surface area contributed by atoms with Gasteiger partial charge in [-0.25, -0.2) is 14.8 Å². The third kappa shape index (κ3) is 3.48. The molecular formula is C14H18N2O4S. The highest BCUT2D eigenvalue weighted by atomic mass is 32.1. The van der Waals surface area contributed by atoms with Crippen molar-refractivity contribution in [1.29, 1.82) is 0 Å². The van der Waals surface area contributed by atoms with E-state index >= 15 is 0 Å². The van der Waals surface area contributed by atoms with Gasteiger partial charge in [-0.05, 0) is 20.8 Å². The first-order valence-corrected chi connectivity index (χ1v) is 7.48. The number of aryl methyl sites for hydroxylation is 2. The molecule has 6 nitrogen and oxygen atoms in total. The van der Waals surface area contributed by atoms with E-state index in [-0.39, 0.29) is 5.76 Å². The van der Waals surface area contributed by atoms with E-state index in [0.29, 0.717) is 29.8 Å². The Bertz CT molecular complexity index is 633. The number of hydrogen-bond donors (Lipinski definition) is 0. The average Bonchev–Trinajstić information content (AvgIpc) is 3.00. The molecule has 0 atom stereocenters. The summed E-state index contributed by atoms with van der Waals surface area (Å²) >= 11 is 1.50. The Morgan fingerprint density at radius 1 is 1.29 bits per heavy atom. The molecule has 0 N–H and O–H groups in total. The van der Waals surface area contributed by atoms with E-state index in [0.717, 1.165) is 17.0 Å². The van der Waals surface area contributed by atoms with E-state index in [4.69, 9.17) is 13.9 Å². The molecule has 0 aromatic carbocycles. The standard InChI is InChI=1S/C14H18N2O4S/c1-5-19-14(17)11-9(3)15-12(20-11)13-16-8(2)10(21-13)6-7-18-4/h5-7H2,1-4H3. The molecular weight excluding hydrogens is 292 g/mol. The quantitative estimate of drug-likeness (QED) is 0.764. The minimum absolute atomic E-state index is 0.137. The summed E-state index contributed by atoms with van der Waals surface area (Å²) in [5.41, 5.74) is 1.44. The lowest BCUT2D eigenvalue weighted by Gasteiger charge is -1.96. The van der Waals surface area contributed by atoms with E-state index in [1.807, 2.05) is 6.92 Å². The van der Waals surface area contributed by atoms with E-state index in [9.17, 15) is 4.79 Å². The largest absolute Gasteiger partial charge is 0.460 e. The van der Waals surface area contributed by atoms with Crippen LogP contribution >= 0.6 is 11.3 Å². The fourth-order valence-electron chi connectivity index (χ4n) is 1.82. The Labute approximate surface area is 127 Å². The van der Waals surface area contributed by atoms with Crippen LogP contribution in [0.25, 0.3) is 10.9 Å². The fraction of sp³-hybridized carbons (Fsp3) is 0.500. The zero-order chi connectivity index (χ0) is 15.4. The number of methoxy groups -OCH3 is 1. The van der Waals surface area contributed by atoms with Crippen LogP contribution in [0, 0.1) is 13.8 Å². The molecule has 0 bridgehead atoms. The van der Waals surface area contributed by atoms with Gasteiger partial charge in [0, 0.05) is 18.4 Å². The Hall–Kier alpha value is -1.73. The molecule has 7 heteroatoms. The van der Waals surface area contributed by atoms with Crippen LogP contribution in [0.3, 0.4) is 0 Å². The van der Waals surface area contributed by atoms with Crippen molar-refractivity contribution in [3.8, 4) is 10.9 Å². The molecule has 0 amide bonds. The van der Waals surface area contributed by atoms with Gasteiger partial charge in [-0.2, -0.15) is 0 Å². The molecule has 0 saturated carbocycles. The van der Waals surface area contributed by atoms with Gasteiger partial charge in [0.15, 0.2) is 5.01 Å². The lowest BCUT2D eigenvalue weighted by atomic mass is 10.3. The summed E-state index contributed by atoms with van der Waals surface area (Å²) in [5, 5.41) is 0.664. The smallest absolute Gasteiger partial charge is 0.376 e. The van der Waals surface area contributed by atoms with Gasteiger partial charge in [0.2, 0.25) is 5.76 Å². The van der Waals surface area contributed by atoms with Gasteiger partial charge in [-0.1, -0.05) is 0 Å². The number of ether oxygens (including phenoxy) is 2. The third-order valence-corrected chi connectivity index (χ3v) is 4.07. The number of aromatic nitrogens is 2. The van der Waals surface area contributed by atoms with Crippen molar-refractivity contribution in [2.45, 2.75) is 27.2 Å². The summed E-state index contributed by atoms with van der Waals surface area (Å²) in [4.78, 5) is 21.6. The van der Waals surface area contributed by atoms with E-state index in [2.05, 4.69) is 9.97 Å². The number of carbonyl (C=O) groups excluding carboxylic acids is 1. The molecule has 2 aromatic heterocycles. The normalized spacial score (nSPS) is 10.9. The minimum atomic E-state index is -0.498. The summed E-state index contributed by atoms with van der Waals surface area (Å²) in [7, 11) is 1.67. The van der Waals surface area contributed by atoms with E-state index < -0.39 is 5.97 Å². The van der Waals surface area contributed by atoms with E-state index in [1.165, 1.54) is 11.3 Å². The molecule has 0 fully saturated rings. The maximum atomic E-state index is 11.7. The summed E-state index contributed by atoms with van der Waals surface area (Å²) in [6.07, 6.45) is 0.796. The number of hydrogen-bond acceptors (Lipinski definition) is 7. The molecule has 0 aliphatic rings. The maximum absolute atomic E-state index is 11.7. The molecule has 2 rings (SSSR count). The van der Waals surface area contributed by atoms with Gasteiger partial charge in [0.25, 0.3) is 5.89 Å². The topological polar surface area (TPSA) is 74.5 Å². The molecule has 2 aromatic rings. The highest BCUT2D eigenvalue weighted by Gasteiger charge is 2.21. The second-order valence-corrected chi connectivity index (χ2v) is 5.51. The van der Waals surface area contributed by atoms with Crippen LogP contribution in [-0.4, -0.2) is 36.3 Å². The van der Waals surface area contributed by atoms with Crippen LogP contribution < -0.4 is 0 Å². The first-order valence-electron chi connectivity index (χ1n) is 6.67. The molecule has 0 aliphatic heterocycles. The highest BCUT2D eigenvalue weighted by molar-refractivity contribution is 7.15. The van der Waals surface area contributed by atoms with Crippen molar-refractivity contribution < 1.29 is 18.7 Å². The van der Waals surface area contributed by atoms with Crippen molar-refractivity contribution >= 4 is 17.3 Å². The number of carbonyl (C=O) groups is 1. The van der Waals surface area contributed by atoms with E-state index in [1.54, 1.807) is 21.0 Å². The molecule has 0 saturated heterocycles. The van der Waals surface area contributed by atoms with Gasteiger partial charge in [-0.3, -0.25) is 0 Å². The molecule has 0 unspecified atom stereocenters. The van der Waals surface area contributed by atoms with Gasteiger partial charge >= 0.3 is 5.97 Å². The SMILES string of the molecule is CCOC(=O)c1oc(-c2nc(C)c(CCOC)s2)nc1C. The van der Waals surface area contributed by atoms with Crippen molar-refractivity contribution in [2.24, 2.45) is 0 Å². The maximum Gasteiger partial charge on any atom is 0.376 e. The summed E-state index contributed by atoms with van der Waals surface area (Å²) in [6, 6.07) is 0. The number of rotatable bonds is 6. The summed E-state index contributed by atoms with van der Waals surface area (Å²) in [6.45, 7) is 6.34. The number of thiazole rings is 1. The Morgan fingerprint density at radius 2 is 2.05 bits per heavy atom. The van der Waals surface area contributed by atoms with Crippen LogP contribution in [-0.2, 0) is 15.9 Å². The number of nitrogens with zero attached hydrogens (tertiary/aromatic N) is 2. The van der Waals surface area contributed by atoms with Crippen LogP contribution in [0.4, 0.5) is 0 Å². The van der Waals surface area contributed by atoms with Gasteiger partial charge < -0.3 is 13.9 Å². The number of oxazole rings is 1. The molecule has 2 heterocycles. The monoisotopic (exact) mass is 310 g/mol. The Balaban J connectivity index is 2.26. The van der Waals surface area contributed by atoms with Gasteiger partial charge in [0.05, 0.1) is 24.6 Å². The zero-order valence-corrected chi connectivity index (χ0v) is 13.4. The Morgan fingerprint density at radius 3 is 2.71 bits per heavy atom. The van der Waals surface area contributed by atoms with Crippen molar-refractivity contribution in [3.05, 3.63) is 22.0 Å². The molecule has 0 spiro atoms. The zero-order valence-electron chi connectivity index (χ0n) is 12.6. The predicted molar refractivity (Wildman–Crippen MR) is 78.6 cm³/mol. The second-order valence-electron chi connectivity index (χ2n) is 4.42. The van der Waals surface area contributed by atoms with Crippen molar-refractivity contribution in [3.63, 3.8) is 0 Å². The van der Waals surface area contributed by atoms with Crippen LogP contribution in [0.1, 0.15) is 33.7 Å². The first kappa shape index (κ1) is 15.7. The molecule has 114 valence electrons. The highest BCUT2D eigenvalue weighted by Crippen LogP contribution is 2.29. The molecule has 0 aliphatic carbocycles. The predicted octanol–water partition coefficient (Wildman–Crippen LogP) is 2.78. The lowest BCUT2D eigenvalue weighted by Crippen LogP contribution is -2.04. The first-order chi connectivity index (χ1) is 10.1. The summed E-state index contributed by atoms with van der Waals surface area (Å²) < 4.78 is 15.5. The molecule has 0 radical (unpaired) electrons. The lowest BCUT2D eigenvalue weighted by molar-refractivity contribution is 0.0490. The third-order valence-electron chi connectivity index (χ3n) is 2.87. The van der Waals surface area contributed by atoms with Gasteiger partial charge in [0.1, 0.15) is 0 Å². The Kier molecular flexibility index (Phi) is 5.08. The van der Waals surface area contributed by atoms with Crippen LogP contribution in [0.15, 0.2) is 4.42 Å². The second kappa shape index (κ2) is 6.82. The fourth-order valence-corrected chi connectivity index (χ4v) is 2.79.